The van der Waals surface area contributed by atoms with Crippen LogP contribution >= 0.6 is 0 Å². The van der Waals surface area contributed by atoms with Crippen LogP contribution in [-0.2, 0) is 0 Å². The van der Waals surface area contributed by atoms with Crippen molar-refractivity contribution in [2.24, 2.45) is 10.7 Å². The standard InChI is InChI=1S/C7H15N3/c1-6(2)4-5-10-7(8)9-3/h4H,5H2,1-3H3,(H3,8,9,10). The number of rotatable bonds is 2. The molecule has 3 nitrogen and oxygen atoms in total. The van der Waals surface area contributed by atoms with Gasteiger partial charge in [-0.05, 0) is 13.8 Å². The van der Waals surface area contributed by atoms with E-state index in [4.69, 9.17) is 5.73 Å². The smallest absolute Gasteiger partial charge is 0.188 e. The molecule has 10 heavy (non-hydrogen) atoms. The Morgan fingerprint density at radius 3 is 2.60 bits per heavy atom. The number of nitrogens with zero attached hydrogens (tertiary/aromatic N) is 1. The number of hydrogen-bond donors (Lipinski definition) is 2. The van der Waals surface area contributed by atoms with E-state index in [1.807, 2.05) is 13.8 Å². The number of allylic oxidation sites excluding steroid dienone is 1. The molecular weight excluding hydrogens is 126 g/mol. The van der Waals surface area contributed by atoms with Crippen LogP contribution in [0.25, 0.3) is 0 Å². The van der Waals surface area contributed by atoms with Crippen molar-refractivity contribution in [1.29, 1.82) is 0 Å². The van der Waals surface area contributed by atoms with Gasteiger partial charge in [-0.2, -0.15) is 0 Å². The number of nitrogens with two attached hydrogens (primary N) is 1. The lowest BCUT2D eigenvalue weighted by atomic mass is 10.3. The molecule has 0 aromatic rings. The summed E-state index contributed by atoms with van der Waals surface area (Å²) in [6.07, 6.45) is 2.05. The molecule has 0 saturated heterocycles. The third-order valence-electron chi connectivity index (χ3n) is 1.03. The van der Waals surface area contributed by atoms with Crippen molar-refractivity contribution in [2.45, 2.75) is 13.8 Å². The molecule has 0 aromatic carbocycles. The molecule has 0 aliphatic rings. The van der Waals surface area contributed by atoms with Gasteiger partial charge in [0.05, 0.1) is 0 Å². The normalized spacial score (nSPS) is 10.9. The minimum Gasteiger partial charge on any atom is -0.370 e. The van der Waals surface area contributed by atoms with Crippen LogP contribution in [0.4, 0.5) is 0 Å². The fourth-order valence-corrected chi connectivity index (χ4v) is 0.439. The lowest BCUT2D eigenvalue weighted by Gasteiger charge is -1.99. The molecule has 0 radical (unpaired) electrons. The maximum atomic E-state index is 5.37. The van der Waals surface area contributed by atoms with Crippen molar-refractivity contribution in [3.63, 3.8) is 0 Å². The van der Waals surface area contributed by atoms with Gasteiger partial charge in [-0.3, -0.25) is 4.99 Å². The second kappa shape index (κ2) is 4.85. The fourth-order valence-electron chi connectivity index (χ4n) is 0.439. The molecule has 0 heterocycles. The summed E-state index contributed by atoms with van der Waals surface area (Å²) in [5.41, 5.74) is 6.64. The fraction of sp³-hybridized carbons (Fsp3) is 0.571. The molecule has 0 rings (SSSR count). The predicted molar refractivity (Wildman–Crippen MR) is 45.0 cm³/mol. The van der Waals surface area contributed by atoms with Crippen LogP contribution in [0.15, 0.2) is 16.6 Å². The van der Waals surface area contributed by atoms with Gasteiger partial charge in [0.2, 0.25) is 0 Å². The van der Waals surface area contributed by atoms with E-state index in [2.05, 4.69) is 16.4 Å². The highest BCUT2D eigenvalue weighted by atomic mass is 15.1. The molecule has 0 aliphatic carbocycles. The van der Waals surface area contributed by atoms with E-state index in [0.717, 1.165) is 6.54 Å². The van der Waals surface area contributed by atoms with Gasteiger partial charge >= 0.3 is 0 Å². The molecular formula is C7H15N3. The third kappa shape index (κ3) is 5.15. The number of aliphatic imine (C=N–C) groups is 1. The Morgan fingerprint density at radius 1 is 1.60 bits per heavy atom. The zero-order chi connectivity index (χ0) is 7.98. The molecule has 0 amide bonds. The zero-order valence-electron chi connectivity index (χ0n) is 6.81. The Bertz CT molecular complexity index is 143. The topological polar surface area (TPSA) is 50.4 Å². The highest BCUT2D eigenvalue weighted by Crippen LogP contribution is 1.84. The van der Waals surface area contributed by atoms with Crippen molar-refractivity contribution >= 4 is 5.96 Å². The number of hydrogen-bond acceptors (Lipinski definition) is 1. The Morgan fingerprint density at radius 2 is 2.20 bits per heavy atom. The van der Waals surface area contributed by atoms with Crippen molar-refractivity contribution in [1.82, 2.24) is 5.32 Å². The van der Waals surface area contributed by atoms with Gasteiger partial charge in [-0.25, -0.2) is 0 Å². The van der Waals surface area contributed by atoms with E-state index in [1.165, 1.54) is 5.57 Å². The van der Waals surface area contributed by atoms with Crippen molar-refractivity contribution in [2.75, 3.05) is 13.6 Å². The first-order valence-corrected chi connectivity index (χ1v) is 3.26. The second-order valence-electron chi connectivity index (χ2n) is 2.27. The molecule has 58 valence electrons. The highest BCUT2D eigenvalue weighted by Gasteiger charge is 1.83. The largest absolute Gasteiger partial charge is 0.370 e. The van der Waals surface area contributed by atoms with E-state index in [0.29, 0.717) is 5.96 Å². The van der Waals surface area contributed by atoms with Crippen LogP contribution in [0.3, 0.4) is 0 Å². The second-order valence-corrected chi connectivity index (χ2v) is 2.27. The highest BCUT2D eigenvalue weighted by molar-refractivity contribution is 5.77. The van der Waals surface area contributed by atoms with Crippen molar-refractivity contribution < 1.29 is 0 Å². The predicted octanol–water partition coefficient (Wildman–Crippen LogP) is 0.487. The van der Waals surface area contributed by atoms with E-state index >= 15 is 0 Å². The van der Waals surface area contributed by atoms with Gasteiger partial charge in [-0.1, -0.05) is 11.6 Å². The Kier molecular flexibility index (Phi) is 4.37. The van der Waals surface area contributed by atoms with Gasteiger partial charge in [0.25, 0.3) is 0 Å². The Balaban J connectivity index is 3.47. The van der Waals surface area contributed by atoms with Crippen LogP contribution in [0.1, 0.15) is 13.8 Å². The van der Waals surface area contributed by atoms with E-state index in [9.17, 15) is 0 Å². The zero-order valence-corrected chi connectivity index (χ0v) is 6.81. The minimum absolute atomic E-state index is 0.484. The summed E-state index contributed by atoms with van der Waals surface area (Å²) in [6, 6.07) is 0. The summed E-state index contributed by atoms with van der Waals surface area (Å²) >= 11 is 0. The first-order valence-electron chi connectivity index (χ1n) is 3.26. The molecule has 0 spiro atoms. The van der Waals surface area contributed by atoms with Crippen LogP contribution in [0.2, 0.25) is 0 Å². The number of guanidine groups is 1. The molecule has 3 N–H and O–H groups in total. The molecule has 3 heteroatoms. The van der Waals surface area contributed by atoms with Crippen LogP contribution in [0.5, 0.6) is 0 Å². The maximum Gasteiger partial charge on any atom is 0.188 e. The van der Waals surface area contributed by atoms with Crippen molar-refractivity contribution in [3.05, 3.63) is 11.6 Å². The van der Waals surface area contributed by atoms with Crippen molar-refractivity contribution in [3.8, 4) is 0 Å². The summed E-state index contributed by atoms with van der Waals surface area (Å²) in [5, 5.41) is 2.92. The van der Waals surface area contributed by atoms with Gasteiger partial charge < -0.3 is 11.1 Å². The Hall–Kier alpha value is -0.990. The van der Waals surface area contributed by atoms with Crippen LogP contribution < -0.4 is 11.1 Å². The molecule has 0 aliphatic heterocycles. The molecule has 0 bridgehead atoms. The van der Waals surface area contributed by atoms with Gasteiger partial charge in [0.1, 0.15) is 0 Å². The van der Waals surface area contributed by atoms with Crippen LogP contribution in [0, 0.1) is 0 Å². The molecule has 0 unspecified atom stereocenters. The molecule has 0 saturated carbocycles. The van der Waals surface area contributed by atoms with E-state index in [-0.39, 0.29) is 0 Å². The average Bonchev–Trinajstić information content (AvgIpc) is 1.87. The van der Waals surface area contributed by atoms with Gasteiger partial charge in [0, 0.05) is 13.6 Å². The quantitative estimate of drug-likeness (QED) is 0.334. The summed E-state index contributed by atoms with van der Waals surface area (Å²) in [4.78, 5) is 3.74. The average molecular weight is 141 g/mol. The summed E-state index contributed by atoms with van der Waals surface area (Å²) in [6.45, 7) is 4.84. The summed E-state index contributed by atoms with van der Waals surface area (Å²) in [5.74, 6) is 0.484. The third-order valence-corrected chi connectivity index (χ3v) is 1.03. The number of nitrogens with one attached hydrogen (secondary N) is 1. The Labute approximate surface area is 62.0 Å². The molecule has 0 atom stereocenters. The van der Waals surface area contributed by atoms with E-state index < -0.39 is 0 Å². The van der Waals surface area contributed by atoms with E-state index in [1.54, 1.807) is 7.05 Å². The maximum absolute atomic E-state index is 5.37. The summed E-state index contributed by atoms with van der Waals surface area (Å²) in [7, 11) is 1.66. The molecule has 0 aromatic heterocycles. The first kappa shape index (κ1) is 9.01. The monoisotopic (exact) mass is 141 g/mol. The van der Waals surface area contributed by atoms with Crippen LogP contribution in [-0.4, -0.2) is 19.6 Å². The SMILES string of the molecule is CN=C(N)NCC=C(C)C. The first-order chi connectivity index (χ1) is 4.66. The lowest BCUT2D eigenvalue weighted by molar-refractivity contribution is 1.00. The van der Waals surface area contributed by atoms with Gasteiger partial charge in [0.15, 0.2) is 5.96 Å². The summed E-state index contributed by atoms with van der Waals surface area (Å²) < 4.78 is 0. The lowest BCUT2D eigenvalue weighted by Crippen LogP contribution is -2.31. The molecule has 0 fully saturated rings. The van der Waals surface area contributed by atoms with Gasteiger partial charge in [-0.15, -0.1) is 0 Å². The minimum atomic E-state index is 0.484.